The largest absolute Gasteiger partial charge is 0.479 e. The predicted octanol–water partition coefficient (Wildman–Crippen LogP) is 1.48. The van der Waals surface area contributed by atoms with E-state index >= 15 is 0 Å². The zero-order valence-corrected chi connectivity index (χ0v) is 10.6. The van der Waals surface area contributed by atoms with E-state index in [0.717, 1.165) is 18.9 Å². The second kappa shape index (κ2) is 4.94. The smallest absolute Gasteiger partial charge is 0.336 e. The number of rotatable bonds is 3. The van der Waals surface area contributed by atoms with Crippen LogP contribution in [0, 0.1) is 5.92 Å². The van der Waals surface area contributed by atoms with Crippen LogP contribution >= 0.6 is 0 Å². The Morgan fingerprint density at radius 1 is 1.29 bits per heavy atom. The van der Waals surface area contributed by atoms with Crippen LogP contribution < -0.4 is 0 Å². The number of likely N-dealkylation sites (tertiary alicyclic amines) is 1. The van der Waals surface area contributed by atoms with Crippen LogP contribution in [0.3, 0.4) is 0 Å². The van der Waals surface area contributed by atoms with Gasteiger partial charge in [0.2, 0.25) is 0 Å². The molecule has 0 radical (unpaired) electrons. The minimum atomic E-state index is -1.61. The van der Waals surface area contributed by atoms with Crippen LogP contribution in [0.4, 0.5) is 0 Å². The summed E-state index contributed by atoms with van der Waals surface area (Å²) in [4.78, 5) is 13.2. The van der Waals surface area contributed by atoms with Crippen molar-refractivity contribution in [1.29, 1.82) is 0 Å². The number of hydrogen-bond acceptors (Lipinski definition) is 3. The number of β-amino-alcohol motifs (C(OH)–C–C–N with tert-alkyl or cyclic N) is 1. The molecule has 4 nitrogen and oxygen atoms in total. The SMILES string of the molecule is CC(O)(CN1CCC[C@H]2CCCC[C@H]21)C(=O)O. The summed E-state index contributed by atoms with van der Waals surface area (Å²) >= 11 is 0. The highest BCUT2D eigenvalue weighted by Crippen LogP contribution is 2.35. The van der Waals surface area contributed by atoms with Crippen LogP contribution in [0.1, 0.15) is 45.4 Å². The Labute approximate surface area is 103 Å². The Balaban J connectivity index is 2.01. The average Bonchev–Trinajstić information content (AvgIpc) is 2.29. The van der Waals surface area contributed by atoms with Gasteiger partial charge in [-0.1, -0.05) is 12.8 Å². The zero-order chi connectivity index (χ0) is 12.5. The summed E-state index contributed by atoms with van der Waals surface area (Å²) in [5.74, 6) is -0.391. The Bertz CT molecular complexity index is 288. The maximum Gasteiger partial charge on any atom is 0.336 e. The van der Waals surface area contributed by atoms with Crippen LogP contribution in [-0.4, -0.2) is 45.8 Å². The van der Waals surface area contributed by atoms with Gasteiger partial charge in [-0.05, 0) is 45.1 Å². The van der Waals surface area contributed by atoms with Crippen LogP contribution in [0.25, 0.3) is 0 Å². The molecular formula is C13H23NO3. The molecule has 2 N–H and O–H groups in total. The molecule has 4 heteroatoms. The molecule has 2 rings (SSSR count). The van der Waals surface area contributed by atoms with E-state index in [1.807, 2.05) is 0 Å². The third kappa shape index (κ3) is 2.80. The average molecular weight is 241 g/mol. The Morgan fingerprint density at radius 2 is 1.94 bits per heavy atom. The van der Waals surface area contributed by atoms with Crippen molar-refractivity contribution in [1.82, 2.24) is 4.90 Å². The van der Waals surface area contributed by atoms with Crippen molar-refractivity contribution in [2.75, 3.05) is 13.1 Å². The minimum absolute atomic E-state index is 0.267. The summed E-state index contributed by atoms with van der Waals surface area (Å²) in [5.41, 5.74) is -1.61. The van der Waals surface area contributed by atoms with Gasteiger partial charge in [0.25, 0.3) is 0 Å². The van der Waals surface area contributed by atoms with Crippen LogP contribution in [-0.2, 0) is 4.79 Å². The summed E-state index contributed by atoms with van der Waals surface area (Å²) in [5, 5.41) is 18.9. The highest BCUT2D eigenvalue weighted by atomic mass is 16.4. The van der Waals surface area contributed by atoms with Crippen molar-refractivity contribution >= 4 is 5.97 Å². The van der Waals surface area contributed by atoms with Crippen molar-refractivity contribution in [2.24, 2.45) is 5.92 Å². The van der Waals surface area contributed by atoms with Crippen molar-refractivity contribution in [2.45, 2.75) is 57.1 Å². The first-order chi connectivity index (χ1) is 8.00. The Hall–Kier alpha value is -0.610. The molecule has 1 saturated carbocycles. The van der Waals surface area contributed by atoms with Gasteiger partial charge in [0.1, 0.15) is 0 Å². The van der Waals surface area contributed by atoms with Gasteiger partial charge in [-0.2, -0.15) is 0 Å². The van der Waals surface area contributed by atoms with Gasteiger partial charge in [0.15, 0.2) is 5.60 Å². The third-order valence-corrected chi connectivity index (χ3v) is 4.33. The van der Waals surface area contributed by atoms with E-state index in [0.29, 0.717) is 6.04 Å². The van der Waals surface area contributed by atoms with Gasteiger partial charge in [-0.3, -0.25) is 4.90 Å². The number of piperidine rings is 1. The van der Waals surface area contributed by atoms with Crippen molar-refractivity contribution in [3.8, 4) is 0 Å². The first-order valence-corrected chi connectivity index (χ1v) is 6.70. The second-order valence-corrected chi connectivity index (χ2v) is 5.80. The molecule has 1 unspecified atom stereocenters. The van der Waals surface area contributed by atoms with E-state index in [1.54, 1.807) is 0 Å². The quantitative estimate of drug-likeness (QED) is 0.785. The number of nitrogens with zero attached hydrogens (tertiary/aromatic N) is 1. The van der Waals surface area contributed by atoms with E-state index in [9.17, 15) is 9.90 Å². The molecule has 2 aliphatic rings. The molecule has 0 bridgehead atoms. The number of carboxylic acids is 1. The van der Waals surface area contributed by atoms with Crippen LogP contribution in [0.15, 0.2) is 0 Å². The molecule has 0 aromatic heterocycles. The van der Waals surface area contributed by atoms with Crippen molar-refractivity contribution in [3.63, 3.8) is 0 Å². The number of fused-ring (bicyclic) bond motifs is 1. The fraction of sp³-hybridized carbons (Fsp3) is 0.923. The fourth-order valence-electron chi connectivity index (χ4n) is 3.39. The van der Waals surface area contributed by atoms with Crippen molar-refractivity contribution < 1.29 is 15.0 Å². The molecule has 1 aliphatic heterocycles. The molecule has 1 heterocycles. The summed E-state index contributed by atoms with van der Waals surface area (Å²) in [7, 11) is 0. The molecule has 17 heavy (non-hydrogen) atoms. The van der Waals surface area contributed by atoms with Gasteiger partial charge < -0.3 is 10.2 Å². The van der Waals surface area contributed by atoms with E-state index < -0.39 is 11.6 Å². The summed E-state index contributed by atoms with van der Waals surface area (Å²) in [6, 6.07) is 0.503. The lowest BCUT2D eigenvalue weighted by atomic mass is 9.78. The summed E-state index contributed by atoms with van der Waals surface area (Å²) in [6.45, 7) is 2.61. The molecule has 0 spiro atoms. The lowest BCUT2D eigenvalue weighted by Gasteiger charge is -2.45. The predicted molar refractivity (Wildman–Crippen MR) is 64.8 cm³/mol. The number of carbonyl (C=O) groups is 1. The van der Waals surface area contributed by atoms with E-state index in [2.05, 4.69) is 4.90 Å². The van der Waals surface area contributed by atoms with Gasteiger partial charge >= 0.3 is 5.97 Å². The Morgan fingerprint density at radius 3 is 2.65 bits per heavy atom. The monoisotopic (exact) mass is 241 g/mol. The molecule has 0 amide bonds. The standard InChI is InChI=1S/C13H23NO3/c1-13(17,12(15)16)9-14-8-4-6-10-5-2-3-7-11(10)14/h10-11,17H,2-9H2,1H3,(H,15,16)/t10-,11-,13?/m1/s1. The number of aliphatic carboxylic acids is 1. The number of aliphatic hydroxyl groups is 1. The van der Waals surface area contributed by atoms with E-state index in [1.165, 1.54) is 39.0 Å². The lowest BCUT2D eigenvalue weighted by Crippen LogP contribution is -2.54. The topological polar surface area (TPSA) is 60.8 Å². The van der Waals surface area contributed by atoms with Gasteiger partial charge in [0, 0.05) is 12.6 Å². The van der Waals surface area contributed by atoms with E-state index in [-0.39, 0.29) is 6.54 Å². The number of carboxylic acid groups (broad SMARTS) is 1. The summed E-state index contributed by atoms with van der Waals surface area (Å²) < 4.78 is 0. The highest BCUT2D eigenvalue weighted by molar-refractivity contribution is 5.76. The molecular weight excluding hydrogens is 218 g/mol. The molecule has 0 aromatic carbocycles. The molecule has 1 aliphatic carbocycles. The third-order valence-electron chi connectivity index (χ3n) is 4.33. The molecule has 2 fully saturated rings. The number of hydrogen-bond donors (Lipinski definition) is 2. The Kier molecular flexibility index (Phi) is 3.73. The van der Waals surface area contributed by atoms with Crippen LogP contribution in [0.5, 0.6) is 0 Å². The van der Waals surface area contributed by atoms with Gasteiger partial charge in [-0.15, -0.1) is 0 Å². The van der Waals surface area contributed by atoms with Gasteiger partial charge in [-0.25, -0.2) is 4.79 Å². The fourth-order valence-corrected chi connectivity index (χ4v) is 3.39. The zero-order valence-electron chi connectivity index (χ0n) is 10.6. The second-order valence-electron chi connectivity index (χ2n) is 5.80. The molecule has 0 aromatic rings. The lowest BCUT2D eigenvalue weighted by molar-refractivity contribution is -0.160. The first kappa shape index (κ1) is 12.8. The molecule has 98 valence electrons. The van der Waals surface area contributed by atoms with E-state index in [4.69, 9.17) is 5.11 Å². The van der Waals surface area contributed by atoms with Crippen molar-refractivity contribution in [3.05, 3.63) is 0 Å². The maximum absolute atomic E-state index is 11.0. The molecule has 3 atom stereocenters. The molecule has 1 saturated heterocycles. The first-order valence-electron chi connectivity index (χ1n) is 6.70. The highest BCUT2D eigenvalue weighted by Gasteiger charge is 2.39. The maximum atomic E-state index is 11.0. The minimum Gasteiger partial charge on any atom is -0.479 e. The van der Waals surface area contributed by atoms with Crippen LogP contribution in [0.2, 0.25) is 0 Å². The normalized spacial score (nSPS) is 33.8. The van der Waals surface area contributed by atoms with Gasteiger partial charge in [0.05, 0.1) is 0 Å². The summed E-state index contributed by atoms with van der Waals surface area (Å²) in [6.07, 6.45) is 7.40.